The molecule has 256 valence electrons. The fourth-order valence-corrected chi connectivity index (χ4v) is 8.15. The molecular weight excluding hydrogens is 673 g/mol. The topological polar surface area (TPSA) is 25.8 Å². The van der Waals surface area contributed by atoms with Gasteiger partial charge in [-0.25, -0.2) is 9.97 Å². The van der Waals surface area contributed by atoms with Crippen LogP contribution in [0.4, 0.5) is 0 Å². The number of nitrogens with zero attached hydrogens (tertiary/aromatic N) is 2. The fourth-order valence-electron chi connectivity index (χ4n) is 7.06. The minimum atomic E-state index is 0.701. The number of allylic oxidation sites excluding steroid dienone is 2. The zero-order valence-corrected chi connectivity index (χ0v) is 30.7. The summed E-state index contributed by atoms with van der Waals surface area (Å²) in [7, 11) is 0. The van der Waals surface area contributed by atoms with Gasteiger partial charge in [0.25, 0.3) is 0 Å². The van der Waals surface area contributed by atoms with Crippen molar-refractivity contribution in [2.24, 2.45) is 0 Å². The molecule has 0 amide bonds. The molecule has 2 aromatic heterocycles. The van der Waals surface area contributed by atoms with Crippen molar-refractivity contribution in [3.63, 3.8) is 0 Å². The van der Waals surface area contributed by atoms with Gasteiger partial charge in [0, 0.05) is 36.9 Å². The highest BCUT2D eigenvalue weighted by molar-refractivity contribution is 7.25. The number of fused-ring (bicyclic) bond motifs is 3. The van der Waals surface area contributed by atoms with Gasteiger partial charge in [0.1, 0.15) is 0 Å². The second kappa shape index (κ2) is 14.4. The van der Waals surface area contributed by atoms with E-state index in [-0.39, 0.29) is 0 Å². The smallest absolute Gasteiger partial charge is 0.160 e. The molecule has 0 fully saturated rings. The highest BCUT2D eigenvalue weighted by atomic mass is 32.1. The van der Waals surface area contributed by atoms with E-state index in [1.54, 1.807) is 0 Å². The molecule has 0 saturated carbocycles. The zero-order valence-electron chi connectivity index (χ0n) is 29.9. The number of thiophene rings is 1. The first-order valence-electron chi connectivity index (χ1n) is 18.2. The van der Waals surface area contributed by atoms with Gasteiger partial charge in [0.2, 0.25) is 0 Å². The van der Waals surface area contributed by atoms with Crippen LogP contribution in [0.1, 0.15) is 16.7 Å². The highest BCUT2D eigenvalue weighted by Gasteiger charge is 2.12. The van der Waals surface area contributed by atoms with E-state index in [1.165, 1.54) is 48.0 Å². The lowest BCUT2D eigenvalue weighted by molar-refractivity contribution is 1.18. The molecule has 0 bridgehead atoms. The Balaban J connectivity index is 1.01. The molecule has 2 heterocycles. The maximum absolute atomic E-state index is 5.06. The molecule has 0 aliphatic heterocycles. The number of benzene rings is 7. The van der Waals surface area contributed by atoms with Crippen molar-refractivity contribution in [1.82, 2.24) is 9.97 Å². The van der Waals surface area contributed by atoms with Crippen LogP contribution in [0.15, 0.2) is 189 Å². The summed E-state index contributed by atoms with van der Waals surface area (Å²) in [5, 5.41) is 2.64. The molecule has 0 radical (unpaired) electrons. The normalized spacial score (nSPS) is 11.6. The summed E-state index contributed by atoms with van der Waals surface area (Å²) in [5.41, 5.74) is 14.2. The van der Waals surface area contributed by atoms with Crippen molar-refractivity contribution in [1.29, 1.82) is 0 Å². The van der Waals surface area contributed by atoms with Crippen LogP contribution in [-0.4, -0.2) is 9.97 Å². The Hall–Kier alpha value is -6.68. The van der Waals surface area contributed by atoms with Crippen LogP contribution in [-0.2, 0) is 0 Å². The number of aromatic nitrogens is 2. The van der Waals surface area contributed by atoms with E-state index in [0.29, 0.717) is 5.82 Å². The first-order chi connectivity index (χ1) is 26.6. The van der Waals surface area contributed by atoms with Gasteiger partial charge in [0.15, 0.2) is 5.82 Å². The predicted molar refractivity (Wildman–Crippen MR) is 231 cm³/mol. The SMILES string of the molecule is C=C/C(=C\c1ccccc1C)c1ccc(-c2cc(-c3ccc(-c4ccc(-c5ccc6sc7ccccc7c6c5)cc4)cc3)nc(-c3ccccc3)n2)cc1. The molecule has 3 heteroatoms. The lowest BCUT2D eigenvalue weighted by Gasteiger charge is -2.11. The minimum absolute atomic E-state index is 0.701. The molecule has 0 aliphatic rings. The van der Waals surface area contributed by atoms with Crippen molar-refractivity contribution in [3.8, 4) is 56.2 Å². The predicted octanol–water partition coefficient (Wildman–Crippen LogP) is 14.2. The van der Waals surface area contributed by atoms with Crippen LogP contribution in [0.25, 0.3) is 88.0 Å². The lowest BCUT2D eigenvalue weighted by atomic mass is 9.97. The van der Waals surface area contributed by atoms with Gasteiger partial charge in [0.05, 0.1) is 11.4 Å². The van der Waals surface area contributed by atoms with Crippen molar-refractivity contribution >= 4 is 43.2 Å². The van der Waals surface area contributed by atoms with E-state index in [9.17, 15) is 0 Å². The van der Waals surface area contributed by atoms with Gasteiger partial charge >= 0.3 is 0 Å². The van der Waals surface area contributed by atoms with E-state index in [4.69, 9.17) is 9.97 Å². The molecular formula is C51H36N2S. The summed E-state index contributed by atoms with van der Waals surface area (Å²) in [5.74, 6) is 0.701. The number of aryl methyl sites for hydroxylation is 1. The lowest BCUT2D eigenvalue weighted by Crippen LogP contribution is -1.96. The largest absolute Gasteiger partial charge is 0.228 e. The molecule has 54 heavy (non-hydrogen) atoms. The summed E-state index contributed by atoms with van der Waals surface area (Å²) in [6.07, 6.45) is 4.11. The second-order valence-corrected chi connectivity index (χ2v) is 14.6. The average molecular weight is 709 g/mol. The van der Waals surface area contributed by atoms with Gasteiger partial charge in [-0.15, -0.1) is 11.3 Å². The van der Waals surface area contributed by atoms with E-state index in [0.717, 1.165) is 44.8 Å². The van der Waals surface area contributed by atoms with Crippen molar-refractivity contribution in [2.45, 2.75) is 6.92 Å². The first kappa shape index (κ1) is 33.2. The molecule has 0 N–H and O–H groups in total. The molecule has 9 rings (SSSR count). The van der Waals surface area contributed by atoms with Gasteiger partial charge in [-0.2, -0.15) is 0 Å². The van der Waals surface area contributed by atoms with Crippen LogP contribution < -0.4 is 0 Å². The van der Waals surface area contributed by atoms with E-state index < -0.39 is 0 Å². The Bertz CT molecular complexity index is 2810. The molecule has 7 aromatic carbocycles. The van der Waals surface area contributed by atoms with E-state index >= 15 is 0 Å². The highest BCUT2D eigenvalue weighted by Crippen LogP contribution is 2.37. The molecule has 0 atom stereocenters. The van der Waals surface area contributed by atoms with Crippen LogP contribution >= 0.6 is 11.3 Å². The zero-order chi connectivity index (χ0) is 36.4. The third kappa shape index (κ3) is 6.58. The average Bonchev–Trinajstić information content (AvgIpc) is 3.62. The maximum Gasteiger partial charge on any atom is 0.160 e. The number of hydrogen-bond donors (Lipinski definition) is 0. The maximum atomic E-state index is 5.06. The van der Waals surface area contributed by atoms with Gasteiger partial charge in [-0.05, 0) is 81.8 Å². The number of rotatable bonds is 8. The monoisotopic (exact) mass is 708 g/mol. The van der Waals surface area contributed by atoms with E-state index in [1.807, 2.05) is 35.6 Å². The number of hydrogen-bond acceptors (Lipinski definition) is 3. The fraction of sp³-hybridized carbons (Fsp3) is 0.0196. The van der Waals surface area contributed by atoms with Gasteiger partial charge < -0.3 is 0 Å². The van der Waals surface area contributed by atoms with Crippen LogP contribution in [0.2, 0.25) is 0 Å². The van der Waals surface area contributed by atoms with Gasteiger partial charge in [-0.1, -0.05) is 164 Å². The third-order valence-electron chi connectivity index (χ3n) is 10.1. The Labute approximate surface area is 320 Å². The first-order valence-corrected chi connectivity index (χ1v) is 19.0. The summed E-state index contributed by atoms with van der Waals surface area (Å²) >= 11 is 1.85. The molecule has 0 aliphatic carbocycles. The summed E-state index contributed by atoms with van der Waals surface area (Å²) in [6.45, 7) is 6.23. The van der Waals surface area contributed by atoms with Crippen LogP contribution in [0.3, 0.4) is 0 Å². The summed E-state index contributed by atoms with van der Waals surface area (Å²) in [4.78, 5) is 10.1. The summed E-state index contributed by atoms with van der Waals surface area (Å²) in [6, 6.07) is 62.3. The van der Waals surface area contributed by atoms with Crippen molar-refractivity contribution in [2.75, 3.05) is 0 Å². The molecule has 0 unspecified atom stereocenters. The van der Waals surface area contributed by atoms with E-state index in [2.05, 4.69) is 177 Å². The molecule has 0 spiro atoms. The Morgan fingerprint density at radius 3 is 1.69 bits per heavy atom. The Morgan fingerprint density at radius 1 is 0.481 bits per heavy atom. The van der Waals surface area contributed by atoms with Crippen molar-refractivity contribution < 1.29 is 0 Å². The third-order valence-corrected chi connectivity index (χ3v) is 11.3. The van der Waals surface area contributed by atoms with Crippen molar-refractivity contribution in [3.05, 3.63) is 205 Å². The molecule has 9 aromatic rings. The minimum Gasteiger partial charge on any atom is -0.228 e. The molecule has 2 nitrogen and oxygen atoms in total. The Kier molecular flexibility index (Phi) is 8.84. The quantitative estimate of drug-likeness (QED) is 0.116. The molecule has 0 saturated heterocycles. The Morgan fingerprint density at radius 2 is 1.02 bits per heavy atom. The van der Waals surface area contributed by atoms with Gasteiger partial charge in [-0.3, -0.25) is 0 Å². The standard InChI is InChI=1S/C51H36N2S/c1-3-35(31-43-14-8-7-11-34(43)2)36-21-25-40(26-22-36)47-33-48(53-51(52-47)42-12-5-4-6-13-42)41-27-23-38(24-28-41)37-17-19-39(20-18-37)44-29-30-50-46(32-44)45-15-9-10-16-49(45)54-50/h3-33H,1H2,2H3/b35-31+. The second-order valence-electron chi connectivity index (χ2n) is 13.5. The van der Waals surface area contributed by atoms with Crippen LogP contribution in [0, 0.1) is 6.92 Å². The van der Waals surface area contributed by atoms with Crippen LogP contribution in [0.5, 0.6) is 0 Å². The summed E-state index contributed by atoms with van der Waals surface area (Å²) < 4.78 is 2.65.